The van der Waals surface area contributed by atoms with E-state index in [4.69, 9.17) is 4.74 Å². The molecule has 1 aliphatic heterocycles. The molecule has 0 saturated heterocycles. The van der Waals surface area contributed by atoms with Crippen molar-refractivity contribution in [3.63, 3.8) is 0 Å². The molecule has 1 amide bonds. The zero-order chi connectivity index (χ0) is 20.3. The Hall–Kier alpha value is -2.80. The molecule has 28 heavy (non-hydrogen) atoms. The Kier molecular flexibility index (Phi) is 5.74. The van der Waals surface area contributed by atoms with Gasteiger partial charge in [-0.15, -0.1) is 0 Å². The number of benzene rings is 2. The van der Waals surface area contributed by atoms with Gasteiger partial charge in [0, 0.05) is 30.9 Å². The number of likely N-dealkylation sites (N-methyl/N-ethyl adjacent to an activating group) is 1. The molecule has 148 valence electrons. The summed E-state index contributed by atoms with van der Waals surface area (Å²) in [5, 5.41) is 2.45. The zero-order valence-electron chi connectivity index (χ0n) is 15.6. The molecular weight excluding hydrogens is 369 g/mol. The predicted molar refractivity (Wildman–Crippen MR) is 102 cm³/mol. The number of rotatable bonds is 4. The molecular formula is C21H21F3N2O2. The lowest BCUT2D eigenvalue weighted by Gasteiger charge is -2.25. The van der Waals surface area contributed by atoms with Crippen LogP contribution in [0.15, 0.2) is 42.5 Å². The van der Waals surface area contributed by atoms with Crippen molar-refractivity contribution in [3.05, 3.63) is 64.7 Å². The minimum atomic E-state index is -4.53. The molecule has 3 rings (SSSR count). The van der Waals surface area contributed by atoms with E-state index in [9.17, 15) is 18.0 Å². The van der Waals surface area contributed by atoms with Gasteiger partial charge >= 0.3 is 6.18 Å². The number of nitrogens with one attached hydrogen (secondary N) is 1. The maximum Gasteiger partial charge on any atom is 0.416 e. The molecule has 1 heterocycles. The number of anilines is 1. The summed E-state index contributed by atoms with van der Waals surface area (Å²) in [5.41, 5.74) is 2.53. The monoisotopic (exact) mass is 390 g/mol. The van der Waals surface area contributed by atoms with Gasteiger partial charge in [0.15, 0.2) is 0 Å². The first-order valence-corrected chi connectivity index (χ1v) is 8.80. The van der Waals surface area contributed by atoms with Gasteiger partial charge in [0.25, 0.3) is 0 Å². The average Bonchev–Trinajstić information content (AvgIpc) is 2.65. The first-order valence-electron chi connectivity index (χ1n) is 8.80. The van der Waals surface area contributed by atoms with Crippen LogP contribution < -0.4 is 10.1 Å². The first-order chi connectivity index (χ1) is 13.2. The fourth-order valence-corrected chi connectivity index (χ4v) is 3.13. The van der Waals surface area contributed by atoms with Crippen molar-refractivity contribution in [2.75, 3.05) is 26.0 Å². The molecule has 0 saturated carbocycles. The summed E-state index contributed by atoms with van der Waals surface area (Å²) in [5.74, 6) is -0.496. The number of ether oxygens (including phenoxy) is 1. The number of amides is 1. The van der Waals surface area contributed by atoms with Crippen LogP contribution in [0, 0.1) is 0 Å². The molecule has 2 aromatic carbocycles. The van der Waals surface area contributed by atoms with E-state index in [0.29, 0.717) is 0 Å². The van der Waals surface area contributed by atoms with Crippen LogP contribution in [0.2, 0.25) is 0 Å². The van der Waals surface area contributed by atoms with Crippen LogP contribution in [0.3, 0.4) is 0 Å². The fourth-order valence-electron chi connectivity index (χ4n) is 3.13. The third-order valence-electron chi connectivity index (χ3n) is 4.60. The topological polar surface area (TPSA) is 41.6 Å². The number of methoxy groups -OCH3 is 1. The fraction of sp³-hybridized carbons (Fsp3) is 0.286. The van der Waals surface area contributed by atoms with Gasteiger partial charge in [0.05, 0.1) is 12.7 Å². The maximum absolute atomic E-state index is 13.0. The zero-order valence-corrected chi connectivity index (χ0v) is 15.6. The molecule has 0 radical (unpaired) electrons. The number of nitrogens with zero attached hydrogens (tertiary/aromatic N) is 1. The second-order valence-corrected chi connectivity index (χ2v) is 6.79. The lowest BCUT2D eigenvalue weighted by molar-refractivity contribution is -0.137. The third-order valence-corrected chi connectivity index (χ3v) is 4.60. The van der Waals surface area contributed by atoms with Gasteiger partial charge in [-0.1, -0.05) is 18.2 Å². The standard InChI is InChI=1S/C21H21F3N2O2/c1-26-8-7-15-5-3-14(9-16(15)13-26)4-6-20(27)25-18-10-17(21(22,23)24)11-19(12-18)28-2/h3-6,9-12H,7-8,13H2,1-2H3,(H,25,27). The van der Waals surface area contributed by atoms with Crippen molar-refractivity contribution in [2.24, 2.45) is 0 Å². The lowest BCUT2D eigenvalue weighted by Crippen LogP contribution is -2.26. The third kappa shape index (κ3) is 4.92. The highest BCUT2D eigenvalue weighted by Crippen LogP contribution is 2.34. The van der Waals surface area contributed by atoms with Crippen LogP contribution in [0.4, 0.5) is 18.9 Å². The minimum absolute atomic E-state index is 0.0212. The van der Waals surface area contributed by atoms with E-state index < -0.39 is 17.6 Å². The Balaban J connectivity index is 1.73. The van der Waals surface area contributed by atoms with Crippen LogP contribution in [-0.4, -0.2) is 31.5 Å². The van der Waals surface area contributed by atoms with E-state index in [1.54, 1.807) is 6.08 Å². The van der Waals surface area contributed by atoms with Crippen LogP contribution in [0.25, 0.3) is 6.08 Å². The second-order valence-electron chi connectivity index (χ2n) is 6.79. The summed E-state index contributed by atoms with van der Waals surface area (Å²) in [6.07, 6.45) is -0.579. The molecule has 1 aliphatic rings. The number of hydrogen-bond acceptors (Lipinski definition) is 3. The molecule has 0 spiro atoms. The van der Waals surface area contributed by atoms with Crippen LogP contribution in [-0.2, 0) is 23.9 Å². The van der Waals surface area contributed by atoms with Crippen LogP contribution in [0.1, 0.15) is 22.3 Å². The Morgan fingerprint density at radius 2 is 1.96 bits per heavy atom. The summed E-state index contributed by atoms with van der Waals surface area (Å²) in [4.78, 5) is 14.4. The molecule has 0 aromatic heterocycles. The summed E-state index contributed by atoms with van der Waals surface area (Å²) in [6, 6.07) is 9.12. The number of halogens is 3. The lowest BCUT2D eigenvalue weighted by atomic mass is 9.97. The van der Waals surface area contributed by atoms with E-state index in [2.05, 4.69) is 23.3 Å². The molecule has 7 heteroatoms. The largest absolute Gasteiger partial charge is 0.497 e. The van der Waals surface area contributed by atoms with Gasteiger partial charge in [-0.25, -0.2) is 0 Å². The molecule has 0 unspecified atom stereocenters. The summed E-state index contributed by atoms with van der Waals surface area (Å²) in [7, 11) is 3.33. The van der Waals surface area contributed by atoms with Gasteiger partial charge < -0.3 is 15.0 Å². The second kappa shape index (κ2) is 8.06. The number of hydrogen-bond donors (Lipinski definition) is 1. The number of carbonyl (C=O) groups excluding carboxylic acids is 1. The average molecular weight is 390 g/mol. The highest BCUT2D eigenvalue weighted by Gasteiger charge is 2.31. The van der Waals surface area contributed by atoms with Crippen molar-refractivity contribution in [2.45, 2.75) is 19.1 Å². The quantitative estimate of drug-likeness (QED) is 0.789. The summed E-state index contributed by atoms with van der Waals surface area (Å²) in [6.45, 7) is 1.87. The SMILES string of the molecule is COc1cc(NC(=O)C=Cc2ccc3c(c2)CN(C)CC3)cc(C(F)(F)F)c1. The molecule has 0 aliphatic carbocycles. The van der Waals surface area contributed by atoms with Crippen molar-refractivity contribution in [1.29, 1.82) is 0 Å². The Morgan fingerprint density at radius 1 is 1.18 bits per heavy atom. The molecule has 0 atom stereocenters. The Morgan fingerprint density at radius 3 is 2.68 bits per heavy atom. The highest BCUT2D eigenvalue weighted by atomic mass is 19.4. The Labute approximate surface area is 161 Å². The van der Waals surface area contributed by atoms with Gasteiger partial charge in [0.1, 0.15) is 5.75 Å². The molecule has 2 aromatic rings. The van der Waals surface area contributed by atoms with E-state index in [1.165, 1.54) is 30.4 Å². The van der Waals surface area contributed by atoms with E-state index in [1.807, 2.05) is 12.1 Å². The first kappa shape index (κ1) is 19.9. The molecule has 0 fully saturated rings. The smallest absolute Gasteiger partial charge is 0.416 e. The van der Waals surface area contributed by atoms with Crippen molar-refractivity contribution >= 4 is 17.7 Å². The molecule has 0 bridgehead atoms. The van der Waals surface area contributed by atoms with Crippen LogP contribution in [0.5, 0.6) is 5.75 Å². The van der Waals surface area contributed by atoms with Crippen molar-refractivity contribution < 1.29 is 22.7 Å². The van der Waals surface area contributed by atoms with E-state index >= 15 is 0 Å². The predicted octanol–water partition coefficient (Wildman–Crippen LogP) is 4.35. The molecule has 4 nitrogen and oxygen atoms in total. The summed E-state index contributed by atoms with van der Waals surface area (Å²) < 4.78 is 43.8. The normalized spacial score (nSPS) is 14.8. The van der Waals surface area contributed by atoms with Gasteiger partial charge in [-0.05, 0) is 48.4 Å². The van der Waals surface area contributed by atoms with Crippen LogP contribution >= 0.6 is 0 Å². The number of fused-ring (bicyclic) bond motifs is 1. The van der Waals surface area contributed by atoms with Gasteiger partial charge in [-0.3, -0.25) is 4.79 Å². The number of carbonyl (C=O) groups is 1. The van der Waals surface area contributed by atoms with Crippen molar-refractivity contribution in [3.8, 4) is 5.75 Å². The van der Waals surface area contributed by atoms with Crippen molar-refractivity contribution in [1.82, 2.24) is 4.90 Å². The Bertz CT molecular complexity index is 907. The van der Waals surface area contributed by atoms with Gasteiger partial charge in [-0.2, -0.15) is 13.2 Å². The molecule has 1 N–H and O–H groups in total. The highest BCUT2D eigenvalue weighted by molar-refractivity contribution is 6.02. The van der Waals surface area contributed by atoms with E-state index in [0.717, 1.165) is 37.2 Å². The minimum Gasteiger partial charge on any atom is -0.497 e. The van der Waals surface area contributed by atoms with E-state index in [-0.39, 0.29) is 11.4 Å². The summed E-state index contributed by atoms with van der Waals surface area (Å²) >= 11 is 0. The number of alkyl halides is 3. The maximum atomic E-state index is 13.0. The van der Waals surface area contributed by atoms with Gasteiger partial charge in [0.2, 0.25) is 5.91 Å².